The standard InChI is InChI=1S/C22H26FN7O/c1-31-19-9-8-17(14-18(19)23)30(16-10-12-25-13-11-16)22-28-20(24)27-21(29-22)26-15-6-4-2-3-5-7-15/h8-15H,2-7H2,1H3,(H3,24,26,27,28,29). The summed E-state index contributed by atoms with van der Waals surface area (Å²) in [6, 6.07) is 8.55. The van der Waals surface area contributed by atoms with E-state index in [9.17, 15) is 4.39 Å². The largest absolute Gasteiger partial charge is 0.494 e. The highest BCUT2D eigenvalue weighted by atomic mass is 19.1. The van der Waals surface area contributed by atoms with Crippen molar-refractivity contribution in [2.75, 3.05) is 23.1 Å². The van der Waals surface area contributed by atoms with Crippen LogP contribution in [-0.2, 0) is 0 Å². The van der Waals surface area contributed by atoms with E-state index in [1.165, 1.54) is 38.9 Å². The van der Waals surface area contributed by atoms with E-state index < -0.39 is 5.82 Å². The van der Waals surface area contributed by atoms with E-state index in [-0.39, 0.29) is 11.7 Å². The van der Waals surface area contributed by atoms with Crippen LogP contribution in [0.4, 0.5) is 33.6 Å². The Balaban J connectivity index is 1.73. The number of benzene rings is 1. The summed E-state index contributed by atoms with van der Waals surface area (Å²) in [7, 11) is 1.43. The van der Waals surface area contributed by atoms with Crippen molar-refractivity contribution in [1.82, 2.24) is 19.9 Å². The third-order valence-corrected chi connectivity index (χ3v) is 5.34. The topological polar surface area (TPSA) is 102 Å². The molecular formula is C22H26FN7O. The maximum Gasteiger partial charge on any atom is 0.241 e. The van der Waals surface area contributed by atoms with Gasteiger partial charge in [-0.15, -0.1) is 0 Å². The van der Waals surface area contributed by atoms with Crippen molar-refractivity contribution < 1.29 is 9.13 Å². The molecule has 2 aromatic heterocycles. The number of nitrogens with one attached hydrogen (secondary N) is 1. The average Bonchev–Trinajstić information content (AvgIpc) is 3.03. The minimum Gasteiger partial charge on any atom is -0.494 e. The number of hydrogen-bond donors (Lipinski definition) is 2. The first-order valence-electron chi connectivity index (χ1n) is 10.5. The molecule has 0 atom stereocenters. The molecule has 1 saturated carbocycles. The predicted octanol–water partition coefficient (Wildman–Crippen LogP) is 4.60. The molecule has 4 rings (SSSR count). The molecule has 1 aliphatic rings. The van der Waals surface area contributed by atoms with E-state index in [4.69, 9.17) is 10.5 Å². The number of hydrogen-bond acceptors (Lipinski definition) is 8. The minimum absolute atomic E-state index is 0.0918. The highest BCUT2D eigenvalue weighted by molar-refractivity contribution is 5.73. The van der Waals surface area contributed by atoms with E-state index in [1.807, 2.05) is 0 Å². The molecule has 3 aromatic rings. The molecule has 3 N–H and O–H groups in total. The van der Waals surface area contributed by atoms with Crippen molar-refractivity contribution in [3.8, 4) is 5.75 Å². The summed E-state index contributed by atoms with van der Waals surface area (Å²) in [6.07, 6.45) is 10.3. The molecule has 2 heterocycles. The second kappa shape index (κ2) is 9.55. The predicted molar refractivity (Wildman–Crippen MR) is 118 cm³/mol. The molecule has 9 heteroatoms. The van der Waals surface area contributed by atoms with Crippen LogP contribution in [0.1, 0.15) is 38.5 Å². The van der Waals surface area contributed by atoms with Gasteiger partial charge in [0, 0.05) is 24.5 Å². The summed E-state index contributed by atoms with van der Waals surface area (Å²) >= 11 is 0. The molecule has 0 unspecified atom stereocenters. The van der Waals surface area contributed by atoms with Gasteiger partial charge in [0.2, 0.25) is 17.8 Å². The Morgan fingerprint density at radius 2 is 1.74 bits per heavy atom. The van der Waals surface area contributed by atoms with Crippen molar-refractivity contribution in [3.63, 3.8) is 0 Å². The molecule has 0 bridgehead atoms. The number of anilines is 5. The van der Waals surface area contributed by atoms with Crippen molar-refractivity contribution in [1.29, 1.82) is 0 Å². The van der Waals surface area contributed by atoms with Gasteiger partial charge < -0.3 is 15.8 Å². The fraction of sp³-hybridized carbons (Fsp3) is 0.364. The maximum atomic E-state index is 14.5. The summed E-state index contributed by atoms with van der Waals surface area (Å²) in [5, 5.41) is 3.41. The Labute approximate surface area is 180 Å². The maximum absolute atomic E-state index is 14.5. The van der Waals surface area contributed by atoms with E-state index in [2.05, 4.69) is 25.3 Å². The third-order valence-electron chi connectivity index (χ3n) is 5.34. The molecule has 1 fully saturated rings. The van der Waals surface area contributed by atoms with Gasteiger partial charge in [0.05, 0.1) is 18.5 Å². The first kappa shape index (κ1) is 20.8. The Morgan fingerprint density at radius 3 is 2.42 bits per heavy atom. The van der Waals surface area contributed by atoms with Crippen LogP contribution in [0.5, 0.6) is 5.75 Å². The van der Waals surface area contributed by atoms with E-state index in [0.29, 0.717) is 29.3 Å². The number of pyridine rings is 1. The molecule has 31 heavy (non-hydrogen) atoms. The molecule has 0 spiro atoms. The molecule has 162 valence electrons. The highest BCUT2D eigenvalue weighted by Gasteiger charge is 2.20. The molecule has 0 aliphatic heterocycles. The number of halogens is 1. The monoisotopic (exact) mass is 423 g/mol. The summed E-state index contributed by atoms with van der Waals surface area (Å²) in [5.41, 5.74) is 7.27. The summed E-state index contributed by atoms with van der Waals surface area (Å²) in [5.74, 6) is 0.471. The van der Waals surface area contributed by atoms with Gasteiger partial charge >= 0.3 is 0 Å². The summed E-state index contributed by atoms with van der Waals surface area (Å²) in [6.45, 7) is 0. The molecule has 1 aromatic carbocycles. The fourth-order valence-corrected chi connectivity index (χ4v) is 3.82. The number of nitrogens with zero attached hydrogens (tertiary/aromatic N) is 5. The lowest BCUT2D eigenvalue weighted by molar-refractivity contribution is 0.386. The normalized spacial score (nSPS) is 14.6. The second-order valence-corrected chi connectivity index (χ2v) is 7.51. The van der Waals surface area contributed by atoms with E-state index in [1.54, 1.807) is 41.6 Å². The van der Waals surface area contributed by atoms with E-state index in [0.717, 1.165) is 12.8 Å². The van der Waals surface area contributed by atoms with Crippen molar-refractivity contribution in [2.45, 2.75) is 44.6 Å². The number of ether oxygens (including phenoxy) is 1. The van der Waals surface area contributed by atoms with Crippen LogP contribution in [0.2, 0.25) is 0 Å². The SMILES string of the molecule is COc1ccc(N(c2ccncc2)c2nc(N)nc(NC3CCCCCC3)n2)cc1F. The van der Waals surface area contributed by atoms with Crippen LogP contribution < -0.4 is 20.7 Å². The van der Waals surface area contributed by atoms with Gasteiger partial charge in [0.15, 0.2) is 11.6 Å². The molecule has 1 aliphatic carbocycles. The number of nitrogen functional groups attached to an aromatic ring is 1. The lowest BCUT2D eigenvalue weighted by Crippen LogP contribution is -2.22. The van der Waals surface area contributed by atoms with Gasteiger partial charge in [-0.25, -0.2) is 4.39 Å². The van der Waals surface area contributed by atoms with Gasteiger partial charge in [0.1, 0.15) is 0 Å². The Hall–Kier alpha value is -3.49. The van der Waals surface area contributed by atoms with Crippen LogP contribution in [-0.4, -0.2) is 33.1 Å². The first-order chi connectivity index (χ1) is 15.1. The zero-order valence-corrected chi connectivity index (χ0v) is 17.5. The molecular weight excluding hydrogens is 397 g/mol. The Bertz CT molecular complexity index is 1010. The van der Waals surface area contributed by atoms with Crippen LogP contribution in [0.3, 0.4) is 0 Å². The average molecular weight is 423 g/mol. The molecule has 8 nitrogen and oxygen atoms in total. The van der Waals surface area contributed by atoms with Gasteiger partial charge in [-0.05, 0) is 37.1 Å². The Morgan fingerprint density at radius 1 is 1.00 bits per heavy atom. The number of rotatable bonds is 6. The quantitative estimate of drug-likeness (QED) is 0.555. The van der Waals surface area contributed by atoms with Crippen molar-refractivity contribution >= 4 is 29.2 Å². The van der Waals surface area contributed by atoms with Crippen LogP contribution in [0.15, 0.2) is 42.7 Å². The number of methoxy groups -OCH3 is 1. The lowest BCUT2D eigenvalue weighted by Gasteiger charge is -2.24. The van der Waals surface area contributed by atoms with Crippen LogP contribution in [0.25, 0.3) is 0 Å². The van der Waals surface area contributed by atoms with Gasteiger partial charge in [-0.2, -0.15) is 15.0 Å². The van der Waals surface area contributed by atoms with Crippen molar-refractivity contribution in [3.05, 3.63) is 48.5 Å². The first-order valence-corrected chi connectivity index (χ1v) is 10.5. The fourth-order valence-electron chi connectivity index (χ4n) is 3.82. The van der Waals surface area contributed by atoms with Crippen LogP contribution in [0, 0.1) is 5.82 Å². The molecule has 0 amide bonds. The number of aromatic nitrogens is 4. The zero-order chi connectivity index (χ0) is 21.6. The van der Waals surface area contributed by atoms with Crippen LogP contribution >= 0.6 is 0 Å². The van der Waals surface area contributed by atoms with E-state index >= 15 is 0 Å². The minimum atomic E-state index is -0.488. The third kappa shape index (κ3) is 4.99. The van der Waals surface area contributed by atoms with Gasteiger partial charge in [0.25, 0.3) is 0 Å². The Kier molecular flexibility index (Phi) is 6.40. The smallest absolute Gasteiger partial charge is 0.241 e. The van der Waals surface area contributed by atoms with Gasteiger partial charge in [-0.3, -0.25) is 9.88 Å². The highest BCUT2D eigenvalue weighted by Crippen LogP contribution is 2.34. The summed E-state index contributed by atoms with van der Waals surface area (Å²) in [4.78, 5) is 19.0. The second-order valence-electron chi connectivity index (χ2n) is 7.51. The lowest BCUT2D eigenvalue weighted by atomic mass is 10.1. The molecule has 0 radical (unpaired) electrons. The zero-order valence-electron chi connectivity index (χ0n) is 17.5. The number of nitrogens with two attached hydrogens (primary N) is 1. The summed E-state index contributed by atoms with van der Waals surface area (Å²) < 4.78 is 19.5. The van der Waals surface area contributed by atoms with Crippen molar-refractivity contribution in [2.24, 2.45) is 0 Å². The molecule has 0 saturated heterocycles. The van der Waals surface area contributed by atoms with Gasteiger partial charge in [-0.1, -0.05) is 25.7 Å².